The first-order chi connectivity index (χ1) is 13.1. The zero-order chi connectivity index (χ0) is 19.1. The van der Waals surface area contributed by atoms with Gasteiger partial charge in [-0.05, 0) is 43.0 Å². The summed E-state index contributed by atoms with van der Waals surface area (Å²) in [6, 6.07) is 15.8. The molecule has 0 spiro atoms. The number of para-hydroxylation sites is 1. The first-order valence-electron chi connectivity index (χ1n) is 9.25. The van der Waals surface area contributed by atoms with Crippen LogP contribution in [-0.4, -0.2) is 36.0 Å². The number of rotatable bonds is 5. The number of nitrogens with zero attached hydrogens (tertiary/aromatic N) is 1. The van der Waals surface area contributed by atoms with Crippen LogP contribution in [0.5, 0.6) is 0 Å². The highest BCUT2D eigenvalue weighted by Crippen LogP contribution is 2.14. The van der Waals surface area contributed by atoms with Crippen LogP contribution in [0.2, 0.25) is 0 Å². The Labute approximate surface area is 158 Å². The van der Waals surface area contributed by atoms with Gasteiger partial charge in [0, 0.05) is 31.2 Å². The number of urea groups is 1. The number of carbonyl (C=O) groups is 2. The molecule has 0 radical (unpaired) electrons. The van der Waals surface area contributed by atoms with E-state index in [0.29, 0.717) is 37.9 Å². The number of halogens is 1. The van der Waals surface area contributed by atoms with Gasteiger partial charge in [0.15, 0.2) is 0 Å². The van der Waals surface area contributed by atoms with Crippen LogP contribution in [0.4, 0.5) is 14.9 Å². The van der Waals surface area contributed by atoms with E-state index in [0.717, 1.165) is 5.69 Å². The fraction of sp³-hybridized carbons (Fsp3) is 0.333. The lowest BCUT2D eigenvalue weighted by atomic mass is 10.0. The van der Waals surface area contributed by atoms with E-state index in [9.17, 15) is 14.0 Å². The largest absolute Gasteiger partial charge is 0.353 e. The monoisotopic (exact) mass is 369 g/mol. The molecule has 5 nitrogen and oxygen atoms in total. The quantitative estimate of drug-likeness (QED) is 0.846. The molecule has 2 aromatic carbocycles. The molecule has 3 amide bonds. The van der Waals surface area contributed by atoms with Gasteiger partial charge in [0.2, 0.25) is 5.91 Å². The summed E-state index contributed by atoms with van der Waals surface area (Å²) in [5, 5.41) is 5.87. The van der Waals surface area contributed by atoms with Crippen LogP contribution in [0.25, 0.3) is 0 Å². The van der Waals surface area contributed by atoms with Crippen molar-refractivity contribution in [3.05, 3.63) is 66.0 Å². The SMILES string of the molecule is O=C(CCc1ccccc1F)NC1CCN(C(=O)Nc2ccccc2)CC1. The fourth-order valence-electron chi connectivity index (χ4n) is 3.20. The van der Waals surface area contributed by atoms with E-state index in [4.69, 9.17) is 0 Å². The van der Waals surface area contributed by atoms with Crippen LogP contribution < -0.4 is 10.6 Å². The number of likely N-dealkylation sites (tertiary alicyclic amines) is 1. The van der Waals surface area contributed by atoms with E-state index >= 15 is 0 Å². The van der Waals surface area contributed by atoms with Crippen molar-refractivity contribution in [2.24, 2.45) is 0 Å². The van der Waals surface area contributed by atoms with Crippen LogP contribution in [0.3, 0.4) is 0 Å². The fourth-order valence-corrected chi connectivity index (χ4v) is 3.20. The summed E-state index contributed by atoms with van der Waals surface area (Å²) in [5.74, 6) is -0.353. The Balaban J connectivity index is 1.39. The zero-order valence-electron chi connectivity index (χ0n) is 15.2. The molecule has 3 rings (SSSR count). The van der Waals surface area contributed by atoms with Crippen molar-refractivity contribution in [2.45, 2.75) is 31.7 Å². The molecular weight excluding hydrogens is 345 g/mol. The zero-order valence-corrected chi connectivity index (χ0v) is 15.2. The second kappa shape index (κ2) is 9.16. The van der Waals surface area contributed by atoms with Crippen LogP contribution in [-0.2, 0) is 11.2 Å². The van der Waals surface area contributed by atoms with Crippen molar-refractivity contribution in [3.8, 4) is 0 Å². The number of nitrogens with one attached hydrogen (secondary N) is 2. The van der Waals surface area contributed by atoms with Crippen molar-refractivity contribution in [3.63, 3.8) is 0 Å². The predicted molar refractivity (Wildman–Crippen MR) is 103 cm³/mol. The predicted octanol–water partition coefficient (Wildman–Crippen LogP) is 3.57. The second-order valence-electron chi connectivity index (χ2n) is 6.72. The molecule has 142 valence electrons. The number of anilines is 1. The van der Waals surface area contributed by atoms with Crippen LogP contribution >= 0.6 is 0 Å². The number of carbonyl (C=O) groups excluding carboxylic acids is 2. The first-order valence-corrected chi connectivity index (χ1v) is 9.25. The number of aryl methyl sites for hydroxylation is 1. The molecule has 1 fully saturated rings. The lowest BCUT2D eigenvalue weighted by molar-refractivity contribution is -0.122. The highest BCUT2D eigenvalue weighted by Gasteiger charge is 2.23. The Morgan fingerprint density at radius 3 is 2.37 bits per heavy atom. The Morgan fingerprint density at radius 1 is 1.00 bits per heavy atom. The molecule has 6 heteroatoms. The molecule has 2 aromatic rings. The lowest BCUT2D eigenvalue weighted by Gasteiger charge is -2.32. The standard InChI is InChI=1S/C21H24FN3O2/c22-19-9-5-4-6-16(19)10-11-20(26)23-18-12-14-25(15-13-18)21(27)24-17-7-2-1-3-8-17/h1-9,18H,10-15H2,(H,23,26)(H,24,27). The molecule has 0 atom stereocenters. The van der Waals surface area contributed by atoms with Gasteiger partial charge in [-0.2, -0.15) is 0 Å². The van der Waals surface area contributed by atoms with Crippen LogP contribution in [0.15, 0.2) is 54.6 Å². The van der Waals surface area contributed by atoms with Gasteiger partial charge in [0.25, 0.3) is 0 Å². The summed E-state index contributed by atoms with van der Waals surface area (Å²) < 4.78 is 13.6. The molecule has 0 bridgehead atoms. The van der Waals surface area contributed by atoms with Gasteiger partial charge in [-0.25, -0.2) is 9.18 Å². The number of piperidine rings is 1. The van der Waals surface area contributed by atoms with Crippen LogP contribution in [0, 0.1) is 5.82 Å². The van der Waals surface area contributed by atoms with Crippen molar-refractivity contribution in [2.75, 3.05) is 18.4 Å². The molecule has 0 aliphatic carbocycles. The van der Waals surface area contributed by atoms with Crippen molar-refractivity contribution in [1.29, 1.82) is 0 Å². The lowest BCUT2D eigenvalue weighted by Crippen LogP contribution is -2.47. The minimum atomic E-state index is -0.275. The molecule has 1 saturated heterocycles. The van der Waals surface area contributed by atoms with Gasteiger partial charge in [-0.3, -0.25) is 4.79 Å². The highest BCUT2D eigenvalue weighted by atomic mass is 19.1. The van der Waals surface area contributed by atoms with E-state index < -0.39 is 0 Å². The molecule has 1 aliphatic rings. The molecule has 0 saturated carbocycles. The third-order valence-electron chi connectivity index (χ3n) is 4.75. The Bertz CT molecular complexity index is 774. The number of amides is 3. The summed E-state index contributed by atoms with van der Waals surface area (Å²) in [6.45, 7) is 1.19. The molecule has 0 unspecified atom stereocenters. The maximum atomic E-state index is 13.6. The molecule has 27 heavy (non-hydrogen) atoms. The van der Waals surface area contributed by atoms with Gasteiger partial charge < -0.3 is 15.5 Å². The summed E-state index contributed by atoms with van der Waals surface area (Å²) in [6.07, 6.45) is 2.08. The molecule has 2 N–H and O–H groups in total. The third-order valence-corrected chi connectivity index (χ3v) is 4.75. The van der Waals surface area contributed by atoms with E-state index in [1.807, 2.05) is 30.3 Å². The third kappa shape index (κ3) is 5.54. The number of benzene rings is 2. The van der Waals surface area contributed by atoms with E-state index in [1.54, 1.807) is 23.1 Å². The van der Waals surface area contributed by atoms with E-state index in [-0.39, 0.29) is 30.2 Å². The average Bonchev–Trinajstić information content (AvgIpc) is 2.69. The molecule has 0 aromatic heterocycles. The minimum Gasteiger partial charge on any atom is -0.353 e. The molecule has 1 aliphatic heterocycles. The smallest absolute Gasteiger partial charge is 0.321 e. The highest BCUT2D eigenvalue weighted by molar-refractivity contribution is 5.89. The van der Waals surface area contributed by atoms with Crippen molar-refractivity contribution >= 4 is 17.6 Å². The maximum Gasteiger partial charge on any atom is 0.321 e. The van der Waals surface area contributed by atoms with Crippen molar-refractivity contribution < 1.29 is 14.0 Å². The van der Waals surface area contributed by atoms with E-state index in [1.165, 1.54) is 6.07 Å². The van der Waals surface area contributed by atoms with Crippen molar-refractivity contribution in [1.82, 2.24) is 10.2 Å². The maximum absolute atomic E-state index is 13.6. The first kappa shape index (κ1) is 18.9. The van der Waals surface area contributed by atoms with Gasteiger partial charge in [0.1, 0.15) is 5.82 Å². The summed E-state index contributed by atoms with van der Waals surface area (Å²) in [7, 11) is 0. The second-order valence-corrected chi connectivity index (χ2v) is 6.72. The summed E-state index contributed by atoms with van der Waals surface area (Å²) >= 11 is 0. The average molecular weight is 369 g/mol. The number of hydrogen-bond acceptors (Lipinski definition) is 2. The normalized spacial score (nSPS) is 14.6. The van der Waals surface area contributed by atoms with Crippen LogP contribution in [0.1, 0.15) is 24.8 Å². The van der Waals surface area contributed by atoms with Gasteiger partial charge >= 0.3 is 6.03 Å². The van der Waals surface area contributed by atoms with E-state index in [2.05, 4.69) is 10.6 Å². The summed E-state index contributed by atoms with van der Waals surface area (Å²) in [5.41, 5.74) is 1.33. The van der Waals surface area contributed by atoms with Gasteiger partial charge in [-0.1, -0.05) is 36.4 Å². The van der Waals surface area contributed by atoms with Gasteiger partial charge in [0.05, 0.1) is 0 Å². The number of hydrogen-bond donors (Lipinski definition) is 2. The Kier molecular flexibility index (Phi) is 6.41. The molecular formula is C21H24FN3O2. The Morgan fingerprint density at radius 2 is 1.67 bits per heavy atom. The van der Waals surface area contributed by atoms with Gasteiger partial charge in [-0.15, -0.1) is 0 Å². The Hall–Kier alpha value is -2.89. The summed E-state index contributed by atoms with van der Waals surface area (Å²) in [4.78, 5) is 26.2. The topological polar surface area (TPSA) is 61.4 Å². The molecule has 1 heterocycles. The minimum absolute atomic E-state index is 0.0545.